The molecule has 0 saturated heterocycles. The monoisotopic (exact) mass is 272 g/mol. The van der Waals surface area contributed by atoms with Crippen molar-refractivity contribution in [1.29, 1.82) is 0 Å². The average molecular weight is 272 g/mol. The number of para-hydroxylation sites is 1. The van der Waals surface area contributed by atoms with E-state index in [-0.39, 0.29) is 5.95 Å². The highest BCUT2D eigenvalue weighted by Gasteiger charge is 2.07. The highest BCUT2D eigenvalue weighted by Crippen LogP contribution is 2.30. The number of ether oxygens (including phenoxy) is 1. The fraction of sp³-hybridized carbons (Fsp3) is 0.0769. The van der Waals surface area contributed by atoms with Crippen LogP contribution in [0.15, 0.2) is 46.5 Å². The molecule has 0 bridgehead atoms. The molecule has 0 aliphatic rings. The molecule has 2 aromatic heterocycles. The van der Waals surface area contributed by atoms with Gasteiger partial charge in [0.15, 0.2) is 0 Å². The van der Waals surface area contributed by atoms with Gasteiger partial charge in [-0.05, 0) is 12.1 Å². The summed E-state index contributed by atoms with van der Waals surface area (Å²) < 4.78 is 5.08. The second-order valence-electron chi connectivity index (χ2n) is 3.93. The number of nitrogens with two attached hydrogens (primary N) is 1. The average Bonchev–Trinajstić information content (AvgIpc) is 2.80. The number of hydrogen-bond donors (Lipinski definition) is 2. The third kappa shape index (κ3) is 2.48. The van der Waals surface area contributed by atoms with Crippen molar-refractivity contribution in [3.05, 3.63) is 36.4 Å². The van der Waals surface area contributed by atoms with Crippen LogP contribution in [-0.2, 0) is 0 Å². The molecule has 0 radical (unpaired) electrons. The van der Waals surface area contributed by atoms with Crippen molar-refractivity contribution in [2.45, 2.75) is 10.1 Å². The molecule has 0 unspecified atom stereocenters. The Morgan fingerprint density at radius 3 is 2.84 bits per heavy atom. The fourth-order valence-corrected chi connectivity index (χ4v) is 2.66. The second-order valence-corrected chi connectivity index (χ2v) is 4.99. The first-order chi connectivity index (χ1) is 9.24. The summed E-state index contributed by atoms with van der Waals surface area (Å²) in [5.41, 5.74) is 6.73. The number of benzene rings is 1. The van der Waals surface area contributed by atoms with Crippen molar-refractivity contribution in [3.8, 4) is 5.88 Å². The van der Waals surface area contributed by atoms with Crippen molar-refractivity contribution < 1.29 is 4.74 Å². The Morgan fingerprint density at radius 2 is 2.05 bits per heavy atom. The first-order valence-corrected chi connectivity index (χ1v) is 6.50. The van der Waals surface area contributed by atoms with Crippen LogP contribution in [0.3, 0.4) is 0 Å². The summed E-state index contributed by atoms with van der Waals surface area (Å²) in [7, 11) is 1.55. The van der Waals surface area contributed by atoms with Gasteiger partial charge < -0.3 is 15.5 Å². The molecule has 0 saturated carbocycles. The maximum absolute atomic E-state index is 5.64. The smallest absolute Gasteiger partial charge is 0.224 e. The predicted octanol–water partition coefficient (Wildman–Crippen LogP) is 2.70. The molecule has 3 N–H and O–H groups in total. The molecule has 19 heavy (non-hydrogen) atoms. The summed E-state index contributed by atoms with van der Waals surface area (Å²) in [6, 6.07) is 11.9. The van der Waals surface area contributed by atoms with Gasteiger partial charge in [-0.2, -0.15) is 4.98 Å². The molecule has 0 spiro atoms. The molecule has 3 aromatic rings. The molecule has 0 aliphatic heterocycles. The van der Waals surface area contributed by atoms with Crippen LogP contribution in [-0.4, -0.2) is 22.1 Å². The molecule has 96 valence electrons. The van der Waals surface area contributed by atoms with Gasteiger partial charge in [0.1, 0.15) is 5.03 Å². The van der Waals surface area contributed by atoms with E-state index in [1.54, 1.807) is 13.2 Å². The minimum absolute atomic E-state index is 0.206. The molecule has 0 amide bonds. The molecule has 0 fully saturated rings. The van der Waals surface area contributed by atoms with Crippen molar-refractivity contribution in [2.75, 3.05) is 12.8 Å². The maximum atomic E-state index is 5.64. The van der Waals surface area contributed by atoms with Crippen molar-refractivity contribution >= 4 is 28.6 Å². The zero-order valence-electron chi connectivity index (χ0n) is 10.3. The lowest BCUT2D eigenvalue weighted by atomic mass is 10.3. The Labute approximate surface area is 114 Å². The second kappa shape index (κ2) is 4.81. The quantitative estimate of drug-likeness (QED) is 0.717. The largest absolute Gasteiger partial charge is 0.481 e. The standard InChI is InChI=1S/C13H12N4OS/c1-18-10-7-12(17-13(14)16-10)19-11-6-8-4-2-3-5-9(8)15-11/h2-7,15H,1H3,(H2,14,16,17). The number of nitrogen functional groups attached to an aromatic ring is 1. The number of aromatic nitrogens is 3. The summed E-state index contributed by atoms with van der Waals surface area (Å²) in [6.07, 6.45) is 0. The van der Waals surface area contributed by atoms with Gasteiger partial charge in [0.05, 0.1) is 12.1 Å². The number of nitrogens with one attached hydrogen (secondary N) is 1. The molecule has 6 heteroatoms. The molecule has 2 heterocycles. The van der Waals surface area contributed by atoms with E-state index in [1.165, 1.54) is 17.1 Å². The summed E-state index contributed by atoms with van der Waals surface area (Å²) in [6.45, 7) is 0. The van der Waals surface area contributed by atoms with Crippen LogP contribution in [0, 0.1) is 0 Å². The fourth-order valence-electron chi connectivity index (χ4n) is 1.79. The lowest BCUT2D eigenvalue weighted by molar-refractivity contribution is 0.396. The Kier molecular flexibility index (Phi) is 3.00. The Bertz CT molecular complexity index is 692. The number of fused-ring (bicyclic) bond motifs is 1. The molecular formula is C13H12N4OS. The molecule has 0 aliphatic carbocycles. The van der Waals surface area contributed by atoms with Crippen molar-refractivity contribution in [1.82, 2.24) is 15.0 Å². The number of methoxy groups -OCH3 is 1. The van der Waals surface area contributed by atoms with Crippen LogP contribution in [0.25, 0.3) is 10.9 Å². The number of H-pyrrole nitrogens is 1. The molecule has 1 aromatic carbocycles. The summed E-state index contributed by atoms with van der Waals surface area (Å²) >= 11 is 1.49. The Balaban J connectivity index is 1.94. The van der Waals surface area contributed by atoms with Crippen molar-refractivity contribution in [3.63, 3.8) is 0 Å². The molecule has 5 nitrogen and oxygen atoms in total. The van der Waals surface area contributed by atoms with Crippen LogP contribution < -0.4 is 10.5 Å². The molecular weight excluding hydrogens is 260 g/mol. The predicted molar refractivity (Wildman–Crippen MR) is 75.4 cm³/mol. The number of rotatable bonds is 3. The van der Waals surface area contributed by atoms with E-state index in [2.05, 4.69) is 27.1 Å². The SMILES string of the molecule is COc1cc(Sc2cc3ccccc3[nH]2)nc(N)n1. The molecule has 0 atom stereocenters. The van der Waals surface area contributed by atoms with E-state index in [0.29, 0.717) is 5.88 Å². The minimum atomic E-state index is 0.206. The minimum Gasteiger partial charge on any atom is -0.481 e. The van der Waals surface area contributed by atoms with Gasteiger partial charge in [0.2, 0.25) is 11.8 Å². The third-order valence-corrected chi connectivity index (χ3v) is 3.48. The van der Waals surface area contributed by atoms with E-state index in [0.717, 1.165) is 15.6 Å². The Morgan fingerprint density at radius 1 is 1.21 bits per heavy atom. The van der Waals surface area contributed by atoms with E-state index in [9.17, 15) is 0 Å². The lowest BCUT2D eigenvalue weighted by Crippen LogP contribution is -1.98. The van der Waals surface area contributed by atoms with E-state index >= 15 is 0 Å². The van der Waals surface area contributed by atoms with E-state index in [1.807, 2.05) is 18.2 Å². The van der Waals surface area contributed by atoms with Crippen LogP contribution in [0.1, 0.15) is 0 Å². The number of hydrogen-bond acceptors (Lipinski definition) is 5. The summed E-state index contributed by atoms with van der Waals surface area (Å²) in [5, 5.41) is 2.91. The third-order valence-electron chi connectivity index (χ3n) is 2.63. The van der Waals surface area contributed by atoms with Crippen LogP contribution in [0.4, 0.5) is 5.95 Å². The highest BCUT2D eigenvalue weighted by molar-refractivity contribution is 7.99. The zero-order valence-corrected chi connectivity index (χ0v) is 11.1. The summed E-state index contributed by atoms with van der Waals surface area (Å²) in [5.74, 6) is 0.670. The topological polar surface area (TPSA) is 76.8 Å². The lowest BCUT2D eigenvalue weighted by Gasteiger charge is -2.03. The maximum Gasteiger partial charge on any atom is 0.224 e. The number of nitrogens with zero attached hydrogens (tertiary/aromatic N) is 2. The molecule has 3 rings (SSSR count). The first-order valence-electron chi connectivity index (χ1n) is 5.69. The van der Waals surface area contributed by atoms with Crippen LogP contribution in [0.5, 0.6) is 5.88 Å². The van der Waals surface area contributed by atoms with Crippen molar-refractivity contribution in [2.24, 2.45) is 0 Å². The summed E-state index contributed by atoms with van der Waals surface area (Å²) in [4.78, 5) is 11.5. The van der Waals surface area contributed by atoms with Crippen LogP contribution in [0.2, 0.25) is 0 Å². The highest BCUT2D eigenvalue weighted by atomic mass is 32.2. The van der Waals surface area contributed by atoms with Gasteiger partial charge in [-0.1, -0.05) is 30.0 Å². The van der Waals surface area contributed by atoms with Gasteiger partial charge in [-0.15, -0.1) is 0 Å². The first kappa shape index (κ1) is 11.9. The van der Waals surface area contributed by atoms with Gasteiger partial charge in [0.25, 0.3) is 0 Å². The van der Waals surface area contributed by atoms with Gasteiger partial charge in [0, 0.05) is 17.0 Å². The zero-order chi connectivity index (χ0) is 13.2. The Hall–Kier alpha value is -2.21. The number of anilines is 1. The van der Waals surface area contributed by atoms with Gasteiger partial charge in [-0.25, -0.2) is 4.98 Å². The van der Waals surface area contributed by atoms with Crippen LogP contribution >= 0.6 is 11.8 Å². The normalized spacial score (nSPS) is 10.8. The van der Waals surface area contributed by atoms with Gasteiger partial charge >= 0.3 is 0 Å². The van der Waals surface area contributed by atoms with E-state index in [4.69, 9.17) is 10.5 Å². The number of aromatic amines is 1. The van der Waals surface area contributed by atoms with Gasteiger partial charge in [-0.3, -0.25) is 0 Å². The van der Waals surface area contributed by atoms with E-state index < -0.39 is 0 Å².